The van der Waals surface area contributed by atoms with Gasteiger partial charge in [-0.3, -0.25) is 4.79 Å². The summed E-state index contributed by atoms with van der Waals surface area (Å²) in [6.45, 7) is 0.212. The molecule has 0 atom stereocenters. The van der Waals surface area contributed by atoms with E-state index in [0.29, 0.717) is 17.1 Å². The highest BCUT2D eigenvalue weighted by Gasteiger charge is 2.10. The normalized spacial score (nSPS) is 10.8. The zero-order chi connectivity index (χ0) is 17.5. The molecule has 126 valence electrons. The zero-order valence-electron chi connectivity index (χ0n) is 13.2. The number of nitrogens with one attached hydrogen (secondary N) is 1. The Balaban J connectivity index is 1.53. The molecule has 3 aromatic rings. The van der Waals surface area contributed by atoms with E-state index in [2.05, 4.69) is 10.5 Å². The lowest BCUT2D eigenvalue weighted by Crippen LogP contribution is -2.16. The molecule has 1 amide bonds. The van der Waals surface area contributed by atoms with Gasteiger partial charge in [-0.25, -0.2) is 9.82 Å². The molecule has 0 aliphatic rings. The highest BCUT2D eigenvalue weighted by Crippen LogP contribution is 2.13. The minimum absolute atomic E-state index is 0.114. The maximum atomic E-state index is 13.0. The van der Waals surface area contributed by atoms with Crippen molar-refractivity contribution in [3.05, 3.63) is 89.6 Å². The summed E-state index contributed by atoms with van der Waals surface area (Å²) in [5, 5.41) is 3.78. The fraction of sp³-hybridized carbons (Fsp3) is 0.0526. The first-order valence-corrected chi connectivity index (χ1v) is 7.56. The SMILES string of the molecule is O=C(N/N=C\c1cccc(F)c1)c1ccc(COc2ccccc2)o1. The number of hydrogen-bond acceptors (Lipinski definition) is 4. The standard InChI is InChI=1S/C19H15FN2O3/c20-15-6-4-5-14(11-15)12-21-22-19(23)18-10-9-17(25-18)13-24-16-7-2-1-3-8-16/h1-12H,13H2,(H,22,23)/b21-12-. The summed E-state index contributed by atoms with van der Waals surface area (Å²) < 4.78 is 24.0. The number of hydrazone groups is 1. The zero-order valence-corrected chi connectivity index (χ0v) is 13.2. The van der Waals surface area contributed by atoms with Crippen LogP contribution in [0.2, 0.25) is 0 Å². The Bertz CT molecular complexity index is 875. The van der Waals surface area contributed by atoms with Gasteiger partial charge in [-0.15, -0.1) is 0 Å². The molecule has 0 aliphatic heterocycles. The van der Waals surface area contributed by atoms with Gasteiger partial charge in [-0.1, -0.05) is 30.3 Å². The van der Waals surface area contributed by atoms with Gasteiger partial charge in [-0.2, -0.15) is 5.10 Å². The molecule has 0 saturated carbocycles. The number of rotatable bonds is 6. The average Bonchev–Trinajstić information content (AvgIpc) is 3.10. The fourth-order valence-corrected chi connectivity index (χ4v) is 2.06. The van der Waals surface area contributed by atoms with Crippen molar-refractivity contribution in [2.75, 3.05) is 0 Å². The molecular formula is C19H15FN2O3. The quantitative estimate of drug-likeness (QED) is 0.550. The van der Waals surface area contributed by atoms with E-state index in [4.69, 9.17) is 9.15 Å². The van der Waals surface area contributed by atoms with Crippen LogP contribution >= 0.6 is 0 Å². The van der Waals surface area contributed by atoms with Gasteiger partial charge >= 0.3 is 5.91 Å². The van der Waals surface area contributed by atoms with Crippen molar-refractivity contribution in [3.8, 4) is 5.75 Å². The summed E-state index contributed by atoms with van der Waals surface area (Å²) in [5.41, 5.74) is 2.87. The van der Waals surface area contributed by atoms with E-state index in [1.807, 2.05) is 30.3 Å². The molecule has 2 aromatic carbocycles. The number of amides is 1. The first kappa shape index (κ1) is 16.4. The summed E-state index contributed by atoms with van der Waals surface area (Å²) in [6.07, 6.45) is 1.35. The molecule has 6 heteroatoms. The maximum Gasteiger partial charge on any atom is 0.307 e. The fourth-order valence-electron chi connectivity index (χ4n) is 2.06. The van der Waals surface area contributed by atoms with Crippen LogP contribution in [-0.2, 0) is 6.61 Å². The summed E-state index contributed by atoms with van der Waals surface area (Å²) in [6, 6.07) is 18.4. The molecule has 1 N–H and O–H groups in total. The smallest absolute Gasteiger partial charge is 0.307 e. The Labute approximate surface area is 143 Å². The third-order valence-corrected chi connectivity index (χ3v) is 3.24. The third-order valence-electron chi connectivity index (χ3n) is 3.24. The predicted molar refractivity (Wildman–Crippen MR) is 90.9 cm³/mol. The van der Waals surface area contributed by atoms with Gasteiger partial charge in [0.25, 0.3) is 0 Å². The van der Waals surface area contributed by atoms with Gasteiger partial charge in [0.05, 0.1) is 6.21 Å². The van der Waals surface area contributed by atoms with Crippen molar-refractivity contribution < 1.29 is 18.3 Å². The van der Waals surface area contributed by atoms with Crippen LogP contribution in [-0.4, -0.2) is 12.1 Å². The van der Waals surface area contributed by atoms with Crippen molar-refractivity contribution in [1.82, 2.24) is 5.43 Å². The Morgan fingerprint density at radius 3 is 2.76 bits per heavy atom. The number of furan rings is 1. The number of benzene rings is 2. The largest absolute Gasteiger partial charge is 0.486 e. The van der Waals surface area contributed by atoms with E-state index in [0.717, 1.165) is 0 Å². The first-order chi connectivity index (χ1) is 12.2. The highest BCUT2D eigenvalue weighted by molar-refractivity contribution is 5.92. The van der Waals surface area contributed by atoms with Crippen LogP contribution in [0.25, 0.3) is 0 Å². The van der Waals surface area contributed by atoms with Gasteiger partial charge in [-0.05, 0) is 42.0 Å². The highest BCUT2D eigenvalue weighted by atomic mass is 19.1. The Morgan fingerprint density at radius 2 is 1.96 bits per heavy atom. The minimum atomic E-state index is -0.501. The van der Waals surface area contributed by atoms with E-state index < -0.39 is 5.91 Å². The van der Waals surface area contributed by atoms with Crippen LogP contribution < -0.4 is 10.2 Å². The van der Waals surface area contributed by atoms with Gasteiger partial charge in [0.2, 0.25) is 0 Å². The Morgan fingerprint density at radius 1 is 1.12 bits per heavy atom. The minimum Gasteiger partial charge on any atom is -0.486 e. The van der Waals surface area contributed by atoms with E-state index in [1.54, 1.807) is 18.2 Å². The van der Waals surface area contributed by atoms with Gasteiger partial charge in [0.15, 0.2) is 5.76 Å². The predicted octanol–water partition coefficient (Wildman–Crippen LogP) is 3.76. The molecule has 1 aromatic heterocycles. The average molecular weight is 338 g/mol. The second-order valence-electron chi connectivity index (χ2n) is 5.12. The van der Waals surface area contributed by atoms with E-state index >= 15 is 0 Å². The van der Waals surface area contributed by atoms with Crippen LogP contribution in [0.1, 0.15) is 21.9 Å². The van der Waals surface area contributed by atoms with Gasteiger partial charge in [0, 0.05) is 0 Å². The third kappa shape index (κ3) is 4.78. The molecule has 0 saturated heterocycles. The lowest BCUT2D eigenvalue weighted by atomic mass is 10.2. The number of hydrogen-bond donors (Lipinski definition) is 1. The molecule has 1 heterocycles. The van der Waals surface area contributed by atoms with Crippen molar-refractivity contribution >= 4 is 12.1 Å². The topological polar surface area (TPSA) is 63.8 Å². The number of para-hydroxylation sites is 1. The number of halogens is 1. The number of carbonyl (C=O) groups excluding carboxylic acids is 1. The summed E-state index contributed by atoms with van der Waals surface area (Å²) >= 11 is 0. The molecule has 0 bridgehead atoms. The Hall–Kier alpha value is -3.41. The summed E-state index contributed by atoms with van der Waals surface area (Å²) in [4.78, 5) is 12.0. The van der Waals surface area contributed by atoms with Crippen molar-refractivity contribution in [3.63, 3.8) is 0 Å². The molecule has 5 nitrogen and oxygen atoms in total. The lowest BCUT2D eigenvalue weighted by Gasteiger charge is -2.03. The van der Waals surface area contributed by atoms with Crippen molar-refractivity contribution in [2.45, 2.75) is 6.61 Å². The number of nitrogens with zero attached hydrogens (tertiary/aromatic N) is 1. The molecule has 0 radical (unpaired) electrons. The van der Waals surface area contributed by atoms with Crippen LogP contribution in [0.4, 0.5) is 4.39 Å². The first-order valence-electron chi connectivity index (χ1n) is 7.56. The molecule has 0 unspecified atom stereocenters. The lowest BCUT2D eigenvalue weighted by molar-refractivity contribution is 0.0923. The van der Waals surface area contributed by atoms with E-state index in [9.17, 15) is 9.18 Å². The summed E-state index contributed by atoms with van der Waals surface area (Å²) in [7, 11) is 0. The monoisotopic (exact) mass is 338 g/mol. The van der Waals surface area contributed by atoms with Crippen molar-refractivity contribution in [1.29, 1.82) is 0 Å². The molecule has 3 rings (SSSR count). The molecule has 0 aliphatic carbocycles. The van der Waals surface area contributed by atoms with Crippen LogP contribution in [0.5, 0.6) is 5.75 Å². The maximum absolute atomic E-state index is 13.0. The van der Waals surface area contributed by atoms with Crippen molar-refractivity contribution in [2.24, 2.45) is 5.10 Å². The molecule has 25 heavy (non-hydrogen) atoms. The van der Waals surface area contributed by atoms with Gasteiger partial charge in [0.1, 0.15) is 23.9 Å². The van der Waals surface area contributed by atoms with E-state index in [-0.39, 0.29) is 18.2 Å². The van der Waals surface area contributed by atoms with Gasteiger partial charge < -0.3 is 9.15 Å². The van der Waals surface area contributed by atoms with Crippen LogP contribution in [0.15, 0.2) is 76.2 Å². The molecular weight excluding hydrogens is 323 g/mol. The summed E-state index contributed by atoms with van der Waals surface area (Å²) in [5.74, 6) is 0.471. The second kappa shape index (κ2) is 7.92. The molecule has 0 fully saturated rings. The number of carbonyl (C=O) groups is 1. The Kier molecular flexibility index (Phi) is 5.21. The van der Waals surface area contributed by atoms with E-state index in [1.165, 1.54) is 24.4 Å². The van der Waals surface area contributed by atoms with Crippen LogP contribution in [0, 0.1) is 5.82 Å². The van der Waals surface area contributed by atoms with Crippen LogP contribution in [0.3, 0.4) is 0 Å². The number of ether oxygens (including phenoxy) is 1. The molecule has 0 spiro atoms. The second-order valence-corrected chi connectivity index (χ2v) is 5.12.